The number of nitrogens with two attached hydrogens (primary N) is 1. The number of hydrogen-bond donors (Lipinski definition) is 1. The number of aryl methyl sites for hydroxylation is 2. The lowest BCUT2D eigenvalue weighted by atomic mass is 10.1. The third-order valence-corrected chi connectivity index (χ3v) is 5.29. The lowest BCUT2D eigenvalue weighted by Gasteiger charge is -2.06. The Bertz CT molecular complexity index is 1140. The van der Waals surface area contributed by atoms with Crippen molar-refractivity contribution < 1.29 is 9.47 Å². The molecule has 0 bridgehead atoms. The first-order chi connectivity index (χ1) is 13.1. The predicted molar refractivity (Wildman–Crippen MR) is 109 cm³/mol. The zero-order chi connectivity index (χ0) is 19.0. The van der Waals surface area contributed by atoms with Gasteiger partial charge in [-0.25, -0.2) is 15.0 Å². The molecule has 2 aromatic carbocycles. The van der Waals surface area contributed by atoms with Crippen LogP contribution >= 0.6 is 11.3 Å². The first kappa shape index (κ1) is 17.6. The third-order valence-electron chi connectivity index (χ3n) is 4.25. The Morgan fingerprint density at radius 2 is 1.93 bits per heavy atom. The minimum atomic E-state index is 0.489. The van der Waals surface area contributed by atoms with Crippen LogP contribution in [0.2, 0.25) is 0 Å². The molecule has 0 aliphatic heterocycles. The molecule has 0 unspecified atom stereocenters. The molecule has 0 atom stereocenters. The van der Waals surface area contributed by atoms with Crippen LogP contribution in [0.15, 0.2) is 30.5 Å². The summed E-state index contributed by atoms with van der Waals surface area (Å²) in [5.41, 5.74) is 11.3. The molecule has 138 valence electrons. The molecular weight excluding hydrogens is 360 g/mol. The first-order valence-corrected chi connectivity index (χ1v) is 9.46. The van der Waals surface area contributed by atoms with Gasteiger partial charge >= 0.3 is 0 Å². The SMILES string of the molecule is COc1cnc2c(-c3nc4c(C)cc(OCCN)cc4s3)cc(C)cc2n1. The van der Waals surface area contributed by atoms with Gasteiger partial charge in [-0.1, -0.05) is 0 Å². The van der Waals surface area contributed by atoms with Crippen LogP contribution in [0.4, 0.5) is 0 Å². The molecular formula is C20H20N4O2S. The minimum Gasteiger partial charge on any atom is -0.492 e. The Morgan fingerprint density at radius 1 is 1.07 bits per heavy atom. The number of methoxy groups -OCH3 is 1. The van der Waals surface area contributed by atoms with Gasteiger partial charge in [0.05, 0.1) is 34.6 Å². The summed E-state index contributed by atoms with van der Waals surface area (Å²) in [5.74, 6) is 1.32. The van der Waals surface area contributed by atoms with Crippen molar-refractivity contribution in [2.24, 2.45) is 5.73 Å². The van der Waals surface area contributed by atoms with E-state index in [2.05, 4.69) is 16.0 Å². The van der Waals surface area contributed by atoms with Crippen molar-refractivity contribution in [1.29, 1.82) is 0 Å². The van der Waals surface area contributed by atoms with Crippen LogP contribution in [0.1, 0.15) is 11.1 Å². The van der Waals surface area contributed by atoms with E-state index in [1.807, 2.05) is 32.0 Å². The number of nitrogens with zero attached hydrogens (tertiary/aromatic N) is 3. The number of ether oxygens (including phenoxy) is 2. The fourth-order valence-corrected chi connectivity index (χ4v) is 4.14. The Kier molecular flexibility index (Phi) is 4.63. The second-order valence-corrected chi connectivity index (χ2v) is 7.37. The van der Waals surface area contributed by atoms with E-state index in [4.69, 9.17) is 20.2 Å². The molecule has 0 fully saturated rings. The van der Waals surface area contributed by atoms with Gasteiger partial charge in [-0.3, -0.25) is 0 Å². The fraction of sp³-hybridized carbons (Fsp3) is 0.250. The van der Waals surface area contributed by atoms with E-state index in [-0.39, 0.29) is 0 Å². The van der Waals surface area contributed by atoms with Gasteiger partial charge < -0.3 is 15.2 Å². The van der Waals surface area contributed by atoms with Crippen LogP contribution in [0.5, 0.6) is 11.6 Å². The highest BCUT2D eigenvalue weighted by molar-refractivity contribution is 7.21. The molecule has 6 nitrogen and oxygen atoms in total. The maximum absolute atomic E-state index is 5.69. The lowest BCUT2D eigenvalue weighted by molar-refractivity contribution is 0.328. The van der Waals surface area contributed by atoms with Crippen LogP contribution in [0.25, 0.3) is 31.8 Å². The van der Waals surface area contributed by atoms with Gasteiger partial charge in [-0.05, 0) is 49.2 Å². The van der Waals surface area contributed by atoms with Crippen molar-refractivity contribution in [3.8, 4) is 22.2 Å². The molecule has 2 aromatic heterocycles. The highest BCUT2D eigenvalue weighted by Gasteiger charge is 2.15. The largest absolute Gasteiger partial charge is 0.492 e. The average Bonchev–Trinajstić information content (AvgIpc) is 3.09. The molecule has 2 heterocycles. The molecule has 0 radical (unpaired) electrons. The van der Waals surface area contributed by atoms with E-state index in [9.17, 15) is 0 Å². The van der Waals surface area contributed by atoms with Crippen LogP contribution in [0.3, 0.4) is 0 Å². The molecule has 4 rings (SSSR count). The molecule has 27 heavy (non-hydrogen) atoms. The number of hydrogen-bond acceptors (Lipinski definition) is 7. The summed E-state index contributed by atoms with van der Waals surface area (Å²) in [6.07, 6.45) is 1.64. The van der Waals surface area contributed by atoms with Gasteiger partial charge in [0, 0.05) is 12.1 Å². The topological polar surface area (TPSA) is 83.2 Å². The van der Waals surface area contributed by atoms with Gasteiger partial charge in [0.25, 0.3) is 0 Å². The average molecular weight is 380 g/mol. The van der Waals surface area contributed by atoms with E-state index < -0.39 is 0 Å². The van der Waals surface area contributed by atoms with Crippen molar-refractivity contribution in [3.63, 3.8) is 0 Å². The smallest absolute Gasteiger partial charge is 0.232 e. The maximum Gasteiger partial charge on any atom is 0.232 e. The molecule has 0 aliphatic rings. The molecule has 0 spiro atoms. The van der Waals surface area contributed by atoms with E-state index in [1.54, 1.807) is 24.6 Å². The van der Waals surface area contributed by atoms with Crippen molar-refractivity contribution >= 4 is 32.6 Å². The number of thiazole rings is 1. The maximum atomic E-state index is 5.69. The summed E-state index contributed by atoms with van der Waals surface area (Å²) in [6.45, 7) is 5.07. The molecule has 4 aromatic rings. The summed E-state index contributed by atoms with van der Waals surface area (Å²) in [5, 5.41) is 0.914. The van der Waals surface area contributed by atoms with Gasteiger partial charge in [0.15, 0.2) is 0 Å². The highest BCUT2D eigenvalue weighted by Crippen LogP contribution is 2.37. The predicted octanol–water partition coefficient (Wildman–Crippen LogP) is 3.87. The summed E-state index contributed by atoms with van der Waals surface area (Å²) in [6, 6.07) is 8.13. The van der Waals surface area contributed by atoms with Gasteiger partial charge in [-0.15, -0.1) is 11.3 Å². The van der Waals surface area contributed by atoms with E-state index in [0.717, 1.165) is 48.7 Å². The third kappa shape index (κ3) is 3.31. The Hall–Kier alpha value is -2.77. The van der Waals surface area contributed by atoms with Crippen LogP contribution in [-0.4, -0.2) is 35.2 Å². The Balaban J connectivity index is 1.88. The van der Waals surface area contributed by atoms with E-state index in [0.29, 0.717) is 19.0 Å². The fourth-order valence-electron chi connectivity index (χ4n) is 3.05. The normalized spacial score (nSPS) is 11.3. The summed E-state index contributed by atoms with van der Waals surface area (Å²) in [7, 11) is 1.59. The Labute approximate surface area is 161 Å². The second-order valence-electron chi connectivity index (χ2n) is 6.34. The molecule has 0 saturated heterocycles. The first-order valence-electron chi connectivity index (χ1n) is 8.65. The lowest BCUT2D eigenvalue weighted by Crippen LogP contribution is -2.10. The van der Waals surface area contributed by atoms with E-state index >= 15 is 0 Å². The summed E-state index contributed by atoms with van der Waals surface area (Å²) >= 11 is 1.62. The van der Waals surface area contributed by atoms with Crippen molar-refractivity contribution in [3.05, 3.63) is 41.6 Å². The van der Waals surface area contributed by atoms with Gasteiger partial charge in [-0.2, -0.15) is 0 Å². The molecule has 0 amide bonds. The zero-order valence-corrected chi connectivity index (χ0v) is 16.3. The van der Waals surface area contributed by atoms with Crippen LogP contribution < -0.4 is 15.2 Å². The van der Waals surface area contributed by atoms with Gasteiger partial charge in [0.1, 0.15) is 17.4 Å². The quantitative estimate of drug-likeness (QED) is 0.566. The molecule has 7 heteroatoms. The van der Waals surface area contributed by atoms with Crippen molar-refractivity contribution in [1.82, 2.24) is 15.0 Å². The van der Waals surface area contributed by atoms with Crippen LogP contribution in [-0.2, 0) is 0 Å². The monoisotopic (exact) mass is 380 g/mol. The number of aromatic nitrogens is 3. The molecule has 0 saturated carbocycles. The van der Waals surface area contributed by atoms with E-state index in [1.165, 1.54) is 0 Å². The van der Waals surface area contributed by atoms with Gasteiger partial charge in [0.2, 0.25) is 5.88 Å². The minimum absolute atomic E-state index is 0.489. The summed E-state index contributed by atoms with van der Waals surface area (Å²) < 4.78 is 12.0. The number of rotatable bonds is 5. The standard InChI is InChI=1S/C20H20N4O2S/c1-11-6-14(19-15(7-11)23-17(25-3)10-22-19)20-24-18-12(2)8-13(26-5-4-21)9-16(18)27-20/h6-10H,4-5,21H2,1-3H3. The van der Waals surface area contributed by atoms with Crippen LogP contribution in [0, 0.1) is 13.8 Å². The molecule has 0 aliphatic carbocycles. The number of benzene rings is 2. The second kappa shape index (κ2) is 7.09. The van der Waals surface area contributed by atoms with Crippen molar-refractivity contribution in [2.75, 3.05) is 20.3 Å². The highest BCUT2D eigenvalue weighted by atomic mass is 32.1. The zero-order valence-electron chi connectivity index (χ0n) is 15.4. The Morgan fingerprint density at radius 3 is 2.70 bits per heavy atom. The molecule has 2 N–H and O–H groups in total. The summed E-state index contributed by atoms with van der Waals surface area (Å²) in [4.78, 5) is 14.0. The number of fused-ring (bicyclic) bond motifs is 2. The van der Waals surface area contributed by atoms with Crippen molar-refractivity contribution in [2.45, 2.75) is 13.8 Å².